The van der Waals surface area contributed by atoms with Crippen LogP contribution in [-0.2, 0) is 19.6 Å². The molecule has 0 saturated carbocycles. The number of ether oxygens (including phenoxy) is 1. The van der Waals surface area contributed by atoms with Gasteiger partial charge in [-0.15, -0.1) is 0 Å². The molecule has 9 heteroatoms. The molecule has 16 heavy (non-hydrogen) atoms. The second-order valence-corrected chi connectivity index (χ2v) is 4.61. The van der Waals surface area contributed by atoms with E-state index in [-0.39, 0.29) is 10.9 Å². The normalized spacial score (nSPS) is 12.9. The van der Waals surface area contributed by atoms with Crippen LogP contribution in [0.3, 0.4) is 0 Å². The Hall–Kier alpha value is -0.830. The van der Waals surface area contributed by atoms with Gasteiger partial charge in [0.15, 0.2) is 0 Å². The van der Waals surface area contributed by atoms with Gasteiger partial charge in [-0.25, -0.2) is 8.42 Å². The highest BCUT2D eigenvalue weighted by atomic mass is 32.2. The summed E-state index contributed by atoms with van der Waals surface area (Å²) in [6.45, 7) is 1.24. The predicted molar refractivity (Wildman–Crippen MR) is 48.9 cm³/mol. The molecule has 0 fully saturated rings. The lowest BCUT2D eigenvalue weighted by atomic mass is 10.6. The lowest BCUT2D eigenvalue weighted by Crippen LogP contribution is -2.43. The summed E-state index contributed by atoms with van der Waals surface area (Å²) >= 11 is 0. The molecule has 0 aliphatic carbocycles. The monoisotopic (exact) mass is 263 g/mol. The molecule has 0 bridgehead atoms. The van der Waals surface area contributed by atoms with Crippen LogP contribution >= 0.6 is 0 Å². The molecular weight excluding hydrogens is 251 g/mol. The Labute approximate surface area is 91.2 Å². The highest BCUT2D eigenvalue weighted by Crippen LogP contribution is 2.26. The summed E-state index contributed by atoms with van der Waals surface area (Å²) in [6, 6.07) is 0. The first-order valence-corrected chi connectivity index (χ1v) is 5.82. The average Bonchev–Trinajstić information content (AvgIpc) is 2.12. The van der Waals surface area contributed by atoms with Crippen molar-refractivity contribution in [1.29, 1.82) is 0 Å². The summed E-state index contributed by atoms with van der Waals surface area (Å²) in [5, 5.41) is 0. The van der Waals surface area contributed by atoms with Gasteiger partial charge in [0.25, 0.3) is 0 Å². The van der Waals surface area contributed by atoms with Crippen molar-refractivity contribution in [2.45, 2.75) is 19.4 Å². The zero-order chi connectivity index (χ0) is 13.0. The van der Waals surface area contributed by atoms with Gasteiger partial charge in [-0.05, 0) is 6.92 Å². The van der Waals surface area contributed by atoms with Gasteiger partial charge in [0.05, 0.1) is 6.61 Å². The Morgan fingerprint density at radius 2 is 1.81 bits per heavy atom. The second-order valence-electron chi connectivity index (χ2n) is 2.68. The van der Waals surface area contributed by atoms with Crippen molar-refractivity contribution >= 4 is 16.0 Å². The SMILES string of the molecule is CCOC(=O)CN(CC)S(=O)(=O)C(F)(F)F. The van der Waals surface area contributed by atoms with Gasteiger partial charge in [0, 0.05) is 6.54 Å². The predicted octanol–water partition coefficient (Wildman–Crippen LogP) is 0.721. The Morgan fingerprint density at radius 3 is 2.12 bits per heavy atom. The molecule has 0 unspecified atom stereocenters. The quantitative estimate of drug-likeness (QED) is 0.686. The molecular formula is C7H12F3NO4S. The van der Waals surface area contributed by atoms with Gasteiger partial charge in [-0.2, -0.15) is 17.5 Å². The van der Waals surface area contributed by atoms with Crippen molar-refractivity contribution in [3.05, 3.63) is 0 Å². The summed E-state index contributed by atoms with van der Waals surface area (Å²) < 4.78 is 62.6. The molecule has 0 aromatic carbocycles. The van der Waals surface area contributed by atoms with E-state index in [1.54, 1.807) is 0 Å². The minimum absolute atomic E-state index is 0.0188. The number of hydrogen-bond acceptors (Lipinski definition) is 4. The van der Waals surface area contributed by atoms with E-state index in [2.05, 4.69) is 4.74 Å². The first kappa shape index (κ1) is 15.2. The largest absolute Gasteiger partial charge is 0.511 e. The Kier molecular flexibility index (Phi) is 5.20. The molecule has 0 aromatic rings. The standard InChI is InChI=1S/C7H12F3NO4S/c1-3-11(5-6(12)15-4-2)16(13,14)7(8,9)10/h3-5H2,1-2H3. The molecule has 0 N–H and O–H groups in total. The molecule has 0 aliphatic rings. The highest BCUT2D eigenvalue weighted by Gasteiger charge is 2.49. The van der Waals surface area contributed by atoms with Gasteiger partial charge in [-0.1, -0.05) is 6.92 Å². The number of rotatable bonds is 5. The number of sulfonamides is 1. The average molecular weight is 263 g/mol. The third-order valence-electron chi connectivity index (χ3n) is 1.60. The van der Waals surface area contributed by atoms with E-state index in [9.17, 15) is 26.4 Å². The second kappa shape index (κ2) is 5.48. The maximum absolute atomic E-state index is 12.1. The van der Waals surface area contributed by atoms with E-state index < -0.39 is 34.6 Å². The minimum atomic E-state index is -5.47. The van der Waals surface area contributed by atoms with Crippen molar-refractivity contribution in [3.63, 3.8) is 0 Å². The lowest BCUT2D eigenvalue weighted by molar-refractivity contribution is -0.143. The minimum Gasteiger partial charge on any atom is -0.465 e. The number of hydrogen-bond donors (Lipinski definition) is 0. The number of alkyl halides is 3. The van der Waals surface area contributed by atoms with Crippen molar-refractivity contribution < 1.29 is 31.1 Å². The van der Waals surface area contributed by atoms with Crippen LogP contribution in [0.1, 0.15) is 13.8 Å². The maximum atomic E-state index is 12.1. The maximum Gasteiger partial charge on any atom is 0.511 e. The third kappa shape index (κ3) is 3.63. The summed E-state index contributed by atoms with van der Waals surface area (Å²) in [4.78, 5) is 10.9. The first-order chi connectivity index (χ1) is 7.16. The van der Waals surface area contributed by atoms with Crippen molar-refractivity contribution in [2.24, 2.45) is 0 Å². The van der Waals surface area contributed by atoms with Gasteiger partial charge < -0.3 is 4.74 Å². The van der Waals surface area contributed by atoms with Crippen LogP contribution in [0.5, 0.6) is 0 Å². The molecule has 96 valence electrons. The van der Waals surface area contributed by atoms with Crippen molar-refractivity contribution in [2.75, 3.05) is 19.7 Å². The summed E-state index contributed by atoms with van der Waals surface area (Å²) in [5.41, 5.74) is -5.41. The number of nitrogens with zero attached hydrogens (tertiary/aromatic N) is 1. The Bertz CT molecular complexity index is 338. The number of carbonyl (C=O) groups excluding carboxylic acids is 1. The Balaban J connectivity index is 4.82. The fourth-order valence-corrected chi connectivity index (χ4v) is 1.77. The smallest absolute Gasteiger partial charge is 0.465 e. The Morgan fingerprint density at radius 1 is 1.31 bits per heavy atom. The number of likely N-dealkylation sites (N-methyl/N-ethyl adjacent to an activating group) is 1. The van der Waals surface area contributed by atoms with E-state index in [1.807, 2.05) is 0 Å². The fourth-order valence-electron chi connectivity index (χ4n) is 0.864. The van der Waals surface area contributed by atoms with Crippen LogP contribution in [-0.4, -0.2) is 43.9 Å². The van der Waals surface area contributed by atoms with Crippen LogP contribution in [0, 0.1) is 0 Å². The van der Waals surface area contributed by atoms with Crippen molar-refractivity contribution in [3.8, 4) is 0 Å². The molecule has 0 amide bonds. The van der Waals surface area contributed by atoms with E-state index >= 15 is 0 Å². The van der Waals surface area contributed by atoms with Gasteiger partial charge in [0.1, 0.15) is 6.54 Å². The zero-order valence-corrected chi connectivity index (χ0v) is 9.56. The van der Waals surface area contributed by atoms with Gasteiger partial charge in [-0.3, -0.25) is 4.79 Å². The van der Waals surface area contributed by atoms with Crippen LogP contribution in [0.4, 0.5) is 13.2 Å². The van der Waals surface area contributed by atoms with Crippen LogP contribution in [0.25, 0.3) is 0 Å². The van der Waals surface area contributed by atoms with E-state index in [0.29, 0.717) is 0 Å². The zero-order valence-electron chi connectivity index (χ0n) is 8.74. The molecule has 5 nitrogen and oxygen atoms in total. The molecule has 0 atom stereocenters. The summed E-state index contributed by atoms with van der Waals surface area (Å²) in [6.07, 6.45) is 0. The van der Waals surface area contributed by atoms with E-state index in [0.717, 1.165) is 0 Å². The van der Waals surface area contributed by atoms with Crippen LogP contribution in [0.2, 0.25) is 0 Å². The number of halogens is 3. The third-order valence-corrected chi connectivity index (χ3v) is 3.25. The van der Waals surface area contributed by atoms with Gasteiger partial charge >= 0.3 is 21.5 Å². The fraction of sp³-hybridized carbons (Fsp3) is 0.857. The summed E-state index contributed by atoms with van der Waals surface area (Å²) in [7, 11) is -5.47. The number of carbonyl (C=O) groups is 1. The highest BCUT2D eigenvalue weighted by molar-refractivity contribution is 7.90. The topological polar surface area (TPSA) is 63.7 Å². The molecule has 0 heterocycles. The van der Waals surface area contributed by atoms with Crippen LogP contribution in [0.15, 0.2) is 0 Å². The first-order valence-electron chi connectivity index (χ1n) is 4.38. The molecule has 0 aliphatic heterocycles. The molecule has 0 radical (unpaired) electrons. The van der Waals surface area contributed by atoms with Crippen molar-refractivity contribution in [1.82, 2.24) is 4.31 Å². The molecule has 0 rings (SSSR count). The molecule has 0 spiro atoms. The summed E-state index contributed by atoms with van der Waals surface area (Å²) in [5.74, 6) is -1.02. The van der Waals surface area contributed by atoms with Gasteiger partial charge in [0.2, 0.25) is 0 Å². The number of esters is 1. The van der Waals surface area contributed by atoms with Crippen LogP contribution < -0.4 is 0 Å². The lowest BCUT2D eigenvalue weighted by Gasteiger charge is -2.20. The molecule has 0 aromatic heterocycles. The van der Waals surface area contributed by atoms with E-state index in [4.69, 9.17) is 0 Å². The van der Waals surface area contributed by atoms with E-state index in [1.165, 1.54) is 13.8 Å². The molecule has 0 saturated heterocycles.